The van der Waals surface area contributed by atoms with Crippen molar-refractivity contribution >= 4 is 52.1 Å². The lowest BCUT2D eigenvalue weighted by Crippen LogP contribution is -2.36. The summed E-state index contributed by atoms with van der Waals surface area (Å²) in [6.07, 6.45) is 6.19. The van der Waals surface area contributed by atoms with Gasteiger partial charge in [0.05, 0.1) is 5.69 Å². The zero-order valence-corrected chi connectivity index (χ0v) is 13.1. The first-order chi connectivity index (χ1) is 9.99. The number of carbonyl (C=O) groups is 1. The fourth-order valence-corrected chi connectivity index (χ4v) is 3.18. The summed E-state index contributed by atoms with van der Waals surface area (Å²) in [6.45, 7) is 0. The molecule has 0 aliphatic heterocycles. The zero-order valence-electron chi connectivity index (χ0n) is 10.8. The number of nitrogen functional groups attached to an aromatic ring is 1. The Hall–Kier alpha value is -1.30. The van der Waals surface area contributed by atoms with Gasteiger partial charge in [0.1, 0.15) is 10.0 Å². The van der Waals surface area contributed by atoms with Gasteiger partial charge in [0.2, 0.25) is 0 Å². The van der Waals surface area contributed by atoms with Gasteiger partial charge in [-0.2, -0.15) is 10.1 Å². The summed E-state index contributed by atoms with van der Waals surface area (Å²) in [4.78, 5) is 14.7. The molecule has 1 aromatic heterocycles. The highest BCUT2D eigenvalue weighted by Gasteiger charge is 2.38. The first kappa shape index (κ1) is 14.6. The number of aromatic nitrogens is 1. The molecule has 0 aromatic carbocycles. The number of H-pyrrole nitrogens is 1. The van der Waals surface area contributed by atoms with Crippen LogP contribution < -0.4 is 16.1 Å². The van der Waals surface area contributed by atoms with Gasteiger partial charge in [0.15, 0.2) is 0 Å². The maximum Gasteiger partial charge on any atom is 0.337 e. The normalized spacial score (nSPS) is 24.8. The van der Waals surface area contributed by atoms with Crippen molar-refractivity contribution < 1.29 is 9.78 Å². The number of nitrogens with one attached hydrogen (secondary N) is 2. The molecule has 0 unspecified atom stereocenters. The number of hydrogen-bond donors (Lipinski definition) is 2. The third-order valence-corrected chi connectivity index (χ3v) is 4.98. The molecule has 8 heteroatoms. The number of nitrogens with zero attached hydrogens (tertiary/aromatic N) is 1. The van der Waals surface area contributed by atoms with Crippen LogP contribution >= 0.6 is 34.8 Å². The van der Waals surface area contributed by atoms with E-state index in [1.54, 1.807) is 0 Å². The van der Waals surface area contributed by atoms with E-state index in [1.165, 1.54) is 0 Å². The molecule has 2 atom stereocenters. The number of hydrogen-bond acceptors (Lipinski definition) is 3. The average Bonchev–Trinajstić information content (AvgIpc) is 2.82. The molecule has 0 saturated heterocycles. The lowest BCUT2D eigenvalue weighted by atomic mass is 9.74. The predicted molar refractivity (Wildman–Crippen MR) is 82.7 cm³/mol. The van der Waals surface area contributed by atoms with Crippen LogP contribution in [0.3, 0.4) is 0 Å². The van der Waals surface area contributed by atoms with Crippen molar-refractivity contribution in [1.82, 2.24) is 5.43 Å². The Kier molecular flexibility index (Phi) is 3.82. The standard InChI is InChI=1S/C13H11Cl3N4O/c14-8-10(17)9(15)12(16)18-11(8)13(21)20-19-7-4-5-2-1-3-6(5)7/h1-2,5-6H,3-4H2,(H2,17,18)(H,20,21)/p+1/b19-7+/t5-,6+/m0/s1. The first-order valence-electron chi connectivity index (χ1n) is 6.37. The molecular weight excluding hydrogens is 335 g/mol. The van der Waals surface area contributed by atoms with Crippen LogP contribution in [0.2, 0.25) is 15.2 Å². The van der Waals surface area contributed by atoms with E-state index in [9.17, 15) is 4.79 Å². The third kappa shape index (κ3) is 2.50. The lowest BCUT2D eigenvalue weighted by Gasteiger charge is -2.31. The Labute approximate surface area is 136 Å². The molecule has 0 radical (unpaired) electrons. The third-order valence-electron chi connectivity index (χ3n) is 3.81. The minimum absolute atomic E-state index is 0.0242. The average molecular weight is 347 g/mol. The molecule has 1 saturated carbocycles. The number of hydrazone groups is 1. The second-order valence-electron chi connectivity index (χ2n) is 5.04. The molecule has 2 aliphatic rings. The number of rotatable bonds is 2. The summed E-state index contributed by atoms with van der Waals surface area (Å²) in [7, 11) is 0. The number of nitrogens with two attached hydrogens (primary N) is 1. The molecule has 5 nitrogen and oxygen atoms in total. The van der Waals surface area contributed by atoms with Crippen molar-refractivity contribution in [2.75, 3.05) is 5.73 Å². The summed E-state index contributed by atoms with van der Waals surface area (Å²) in [6, 6.07) is 0. The van der Waals surface area contributed by atoms with Crippen LogP contribution in [0.4, 0.5) is 5.69 Å². The molecule has 21 heavy (non-hydrogen) atoms. The van der Waals surface area contributed by atoms with Crippen molar-refractivity contribution in [2.45, 2.75) is 12.8 Å². The van der Waals surface area contributed by atoms with Gasteiger partial charge in [-0.25, -0.2) is 5.43 Å². The minimum Gasteiger partial charge on any atom is -0.396 e. The number of anilines is 1. The monoisotopic (exact) mass is 345 g/mol. The second-order valence-corrected chi connectivity index (χ2v) is 6.17. The highest BCUT2D eigenvalue weighted by molar-refractivity contribution is 6.45. The SMILES string of the molecule is Nc1c(Cl)c(Cl)[nH+]c(C(=O)N/N=C2\C[C@@H]3C=CC[C@@H]23)c1Cl. The maximum atomic E-state index is 12.1. The molecule has 4 N–H and O–H groups in total. The van der Waals surface area contributed by atoms with Crippen molar-refractivity contribution in [1.29, 1.82) is 0 Å². The lowest BCUT2D eigenvalue weighted by molar-refractivity contribution is -0.379. The van der Waals surface area contributed by atoms with E-state index in [1.807, 2.05) is 0 Å². The quantitative estimate of drug-likeness (QED) is 0.490. The molecular formula is C13H12Cl3N4O+. The van der Waals surface area contributed by atoms with Crippen molar-refractivity contribution in [3.05, 3.63) is 33.0 Å². The highest BCUT2D eigenvalue weighted by Crippen LogP contribution is 2.40. The molecule has 0 spiro atoms. The van der Waals surface area contributed by atoms with E-state index >= 15 is 0 Å². The molecule has 110 valence electrons. The number of pyridine rings is 1. The fraction of sp³-hybridized carbons (Fsp3) is 0.308. The smallest absolute Gasteiger partial charge is 0.337 e. The summed E-state index contributed by atoms with van der Waals surface area (Å²) >= 11 is 17.7. The summed E-state index contributed by atoms with van der Waals surface area (Å²) in [5, 5.41) is 4.32. The molecule has 3 rings (SSSR count). The van der Waals surface area contributed by atoms with Crippen molar-refractivity contribution in [3.63, 3.8) is 0 Å². The van der Waals surface area contributed by atoms with E-state index in [0.717, 1.165) is 18.6 Å². The van der Waals surface area contributed by atoms with Crippen LogP contribution in [0, 0.1) is 11.8 Å². The number of aromatic amines is 1. The zero-order chi connectivity index (χ0) is 15.1. The highest BCUT2D eigenvalue weighted by atomic mass is 35.5. The predicted octanol–water partition coefficient (Wildman–Crippen LogP) is 2.72. The number of amides is 1. The molecule has 0 bridgehead atoms. The molecule has 1 amide bonds. The Morgan fingerprint density at radius 2 is 2.14 bits per heavy atom. The van der Waals surface area contributed by atoms with Crippen molar-refractivity contribution in [2.24, 2.45) is 16.9 Å². The van der Waals surface area contributed by atoms with Gasteiger partial charge in [0.25, 0.3) is 10.8 Å². The summed E-state index contributed by atoms with van der Waals surface area (Å²) in [5.74, 6) is 0.479. The second kappa shape index (κ2) is 5.48. The van der Waals surface area contributed by atoms with E-state index < -0.39 is 5.91 Å². The van der Waals surface area contributed by atoms with Crippen LogP contribution in [-0.2, 0) is 0 Å². The van der Waals surface area contributed by atoms with E-state index in [2.05, 4.69) is 27.7 Å². The van der Waals surface area contributed by atoms with Crippen LogP contribution in [0.15, 0.2) is 17.3 Å². The van der Waals surface area contributed by atoms with Gasteiger partial charge in [-0.3, -0.25) is 4.79 Å². The molecule has 1 fully saturated rings. The van der Waals surface area contributed by atoms with E-state index in [-0.39, 0.29) is 26.6 Å². The number of allylic oxidation sites excluding steroid dienone is 2. The Morgan fingerprint density at radius 1 is 1.38 bits per heavy atom. The van der Waals surface area contributed by atoms with Gasteiger partial charge in [0, 0.05) is 11.6 Å². The first-order valence-corrected chi connectivity index (χ1v) is 7.51. The number of carbonyl (C=O) groups excluding carboxylic acids is 1. The van der Waals surface area contributed by atoms with Crippen LogP contribution in [0.5, 0.6) is 0 Å². The van der Waals surface area contributed by atoms with Gasteiger partial charge >= 0.3 is 5.91 Å². The van der Waals surface area contributed by atoms with Crippen LogP contribution in [0.1, 0.15) is 23.3 Å². The minimum atomic E-state index is -0.507. The maximum absolute atomic E-state index is 12.1. The summed E-state index contributed by atoms with van der Waals surface area (Å²) < 4.78 is 0. The van der Waals surface area contributed by atoms with Crippen LogP contribution in [0.25, 0.3) is 0 Å². The van der Waals surface area contributed by atoms with Gasteiger partial charge in [-0.15, -0.1) is 0 Å². The van der Waals surface area contributed by atoms with Gasteiger partial charge in [-0.05, 0) is 30.4 Å². The fourth-order valence-electron chi connectivity index (χ4n) is 2.57. The Balaban J connectivity index is 1.76. The van der Waals surface area contributed by atoms with Gasteiger partial charge in [-0.1, -0.05) is 35.4 Å². The Morgan fingerprint density at radius 3 is 2.86 bits per heavy atom. The molecule has 2 aliphatic carbocycles. The van der Waals surface area contributed by atoms with Crippen LogP contribution in [-0.4, -0.2) is 11.6 Å². The van der Waals surface area contributed by atoms with Gasteiger partial charge < -0.3 is 5.73 Å². The van der Waals surface area contributed by atoms with Crippen molar-refractivity contribution in [3.8, 4) is 0 Å². The molecule has 1 aromatic rings. The topological polar surface area (TPSA) is 81.6 Å². The van der Waals surface area contributed by atoms with E-state index in [4.69, 9.17) is 40.5 Å². The Bertz CT molecular complexity index is 686. The number of halogens is 3. The number of fused-ring (bicyclic) bond motifs is 1. The molecule has 1 heterocycles. The largest absolute Gasteiger partial charge is 0.396 e. The van der Waals surface area contributed by atoms with E-state index in [0.29, 0.717) is 11.8 Å². The summed E-state index contributed by atoms with van der Waals surface area (Å²) in [5.41, 5.74) is 9.25.